The molecule has 4 aromatic carbocycles. The molecule has 5 rings (SSSR count). The van der Waals surface area contributed by atoms with E-state index in [1.165, 1.54) is 12.1 Å². The average molecular weight is 615 g/mol. The van der Waals surface area contributed by atoms with Crippen LogP contribution in [0.5, 0.6) is 5.75 Å². The van der Waals surface area contributed by atoms with Crippen LogP contribution in [-0.2, 0) is 12.5 Å². The van der Waals surface area contributed by atoms with Crippen LogP contribution in [-0.4, -0.2) is 9.97 Å². The van der Waals surface area contributed by atoms with Crippen LogP contribution in [0.4, 0.5) is 35.1 Å². The first-order valence-electron chi connectivity index (χ1n) is 13.4. The summed E-state index contributed by atoms with van der Waals surface area (Å²) in [5.74, 6) is -10.8. The molecule has 1 aromatic heterocycles. The van der Waals surface area contributed by atoms with Crippen molar-refractivity contribution in [3.05, 3.63) is 125 Å². The second kappa shape index (κ2) is 12.4. The Hall–Kier alpha value is -4.80. The molecule has 0 bridgehead atoms. The van der Waals surface area contributed by atoms with Gasteiger partial charge in [0.05, 0.1) is 0 Å². The van der Waals surface area contributed by atoms with Crippen molar-refractivity contribution in [3.63, 3.8) is 0 Å². The Labute approximate surface area is 246 Å². The minimum atomic E-state index is -4.76. The molecule has 0 radical (unpaired) electrons. The summed E-state index contributed by atoms with van der Waals surface area (Å²) >= 11 is 0. The molecule has 0 saturated heterocycles. The zero-order valence-electron chi connectivity index (χ0n) is 23.0. The summed E-state index contributed by atoms with van der Waals surface area (Å²) in [5.41, 5.74) is 0.285. The van der Waals surface area contributed by atoms with Crippen LogP contribution in [0, 0.1) is 34.9 Å². The van der Waals surface area contributed by atoms with E-state index in [1.54, 1.807) is 36.7 Å². The number of unbranched alkanes of at least 4 members (excludes halogenated alkanes) is 1. The fourth-order valence-corrected chi connectivity index (χ4v) is 4.55. The first kappa shape index (κ1) is 30.7. The minimum absolute atomic E-state index is 0.0976. The Kier molecular flexibility index (Phi) is 8.66. The first-order valence-corrected chi connectivity index (χ1v) is 13.4. The molecule has 0 unspecified atom stereocenters. The van der Waals surface area contributed by atoms with Gasteiger partial charge in [0, 0.05) is 35.7 Å². The van der Waals surface area contributed by atoms with Crippen molar-refractivity contribution in [3.8, 4) is 39.4 Å². The Morgan fingerprint density at radius 1 is 0.636 bits per heavy atom. The summed E-state index contributed by atoms with van der Waals surface area (Å²) in [6.45, 7) is 2.10. The molecule has 0 atom stereocenters. The van der Waals surface area contributed by atoms with Gasteiger partial charge in [-0.3, -0.25) is 0 Å². The van der Waals surface area contributed by atoms with E-state index in [0.29, 0.717) is 29.1 Å². The van der Waals surface area contributed by atoms with E-state index in [0.717, 1.165) is 36.5 Å². The molecule has 0 saturated carbocycles. The Morgan fingerprint density at radius 3 is 1.75 bits per heavy atom. The lowest BCUT2D eigenvalue weighted by molar-refractivity contribution is -0.189. The summed E-state index contributed by atoms with van der Waals surface area (Å²) in [7, 11) is 0. The van der Waals surface area contributed by atoms with Crippen molar-refractivity contribution in [2.75, 3.05) is 0 Å². The fourth-order valence-electron chi connectivity index (χ4n) is 4.55. The van der Waals surface area contributed by atoms with E-state index in [4.69, 9.17) is 0 Å². The van der Waals surface area contributed by atoms with Gasteiger partial charge in [-0.15, -0.1) is 0 Å². The largest absolute Gasteiger partial charge is 0.432 e. The first-order chi connectivity index (χ1) is 21.0. The number of halogens is 8. The SMILES string of the molecule is CCCCc1cnc(-c2ccc(-c3ccc(-c4cc(F)c(C(F)(F)Oc5cc(F)c(F)c(F)c5)c(F)c4)c(F)c3)cc2)nc1. The van der Waals surface area contributed by atoms with Crippen molar-refractivity contribution in [2.24, 2.45) is 0 Å². The van der Waals surface area contributed by atoms with Crippen LogP contribution >= 0.6 is 0 Å². The topological polar surface area (TPSA) is 35.0 Å². The molecule has 0 aliphatic rings. The van der Waals surface area contributed by atoms with Crippen molar-refractivity contribution in [1.82, 2.24) is 9.97 Å². The van der Waals surface area contributed by atoms with E-state index < -0.39 is 57.9 Å². The molecule has 0 aliphatic carbocycles. The van der Waals surface area contributed by atoms with Gasteiger partial charge in [-0.25, -0.2) is 36.3 Å². The highest BCUT2D eigenvalue weighted by atomic mass is 19.3. The molecule has 1 heterocycles. The summed E-state index contributed by atoms with van der Waals surface area (Å²) in [6, 6.07) is 12.0. The molecular formula is C33H22F8N2O. The molecule has 0 aliphatic heterocycles. The van der Waals surface area contributed by atoms with Crippen LogP contribution < -0.4 is 4.74 Å². The highest BCUT2D eigenvalue weighted by Gasteiger charge is 2.41. The van der Waals surface area contributed by atoms with E-state index >= 15 is 4.39 Å². The maximum Gasteiger partial charge on any atom is 0.432 e. The van der Waals surface area contributed by atoms with Crippen LogP contribution in [0.3, 0.4) is 0 Å². The number of hydrogen-bond donors (Lipinski definition) is 0. The Morgan fingerprint density at radius 2 is 1.18 bits per heavy atom. The maximum absolute atomic E-state index is 15.1. The second-order valence-electron chi connectivity index (χ2n) is 9.93. The molecule has 0 amide bonds. The number of aryl methyl sites for hydroxylation is 1. The van der Waals surface area contributed by atoms with Crippen molar-refractivity contribution in [1.29, 1.82) is 0 Å². The summed E-state index contributed by atoms with van der Waals surface area (Å²) in [4.78, 5) is 8.80. The van der Waals surface area contributed by atoms with E-state index in [-0.39, 0.29) is 17.7 Å². The normalized spacial score (nSPS) is 11.6. The molecule has 44 heavy (non-hydrogen) atoms. The van der Waals surface area contributed by atoms with Gasteiger partial charge in [0.25, 0.3) is 0 Å². The predicted molar refractivity (Wildman–Crippen MR) is 148 cm³/mol. The molecular weight excluding hydrogens is 592 g/mol. The highest BCUT2D eigenvalue weighted by Crippen LogP contribution is 2.38. The summed E-state index contributed by atoms with van der Waals surface area (Å²) < 4.78 is 118. The zero-order valence-corrected chi connectivity index (χ0v) is 23.0. The third-order valence-corrected chi connectivity index (χ3v) is 6.82. The highest BCUT2D eigenvalue weighted by molar-refractivity contribution is 5.73. The van der Waals surface area contributed by atoms with Crippen molar-refractivity contribution < 1.29 is 39.9 Å². The quantitative estimate of drug-likeness (QED) is 0.123. The number of rotatable bonds is 9. The van der Waals surface area contributed by atoms with Gasteiger partial charge in [0.15, 0.2) is 23.3 Å². The number of nitrogens with zero attached hydrogens (tertiary/aromatic N) is 2. The predicted octanol–water partition coefficient (Wildman–Crippen LogP) is 9.78. The fraction of sp³-hybridized carbons (Fsp3) is 0.152. The second-order valence-corrected chi connectivity index (χ2v) is 9.93. The van der Waals surface area contributed by atoms with Crippen LogP contribution in [0.15, 0.2) is 79.1 Å². The lowest BCUT2D eigenvalue weighted by Gasteiger charge is -2.20. The lowest BCUT2D eigenvalue weighted by atomic mass is 9.97. The Balaban J connectivity index is 1.36. The van der Waals surface area contributed by atoms with Crippen molar-refractivity contribution in [2.45, 2.75) is 32.3 Å². The standard InChI is InChI=1S/C33H22F8N2O/c1-2-3-4-18-16-42-32(43-17-18)20-7-5-19(6-8-20)21-9-10-24(25(34)11-21)22-12-26(35)30(27(36)13-22)33(40,41)44-23-14-28(37)31(39)29(38)15-23/h5-17H,2-4H2,1H3. The molecule has 5 aromatic rings. The van der Waals surface area contributed by atoms with Crippen molar-refractivity contribution >= 4 is 0 Å². The number of benzene rings is 4. The molecule has 11 heteroatoms. The number of ether oxygens (including phenoxy) is 1. The number of hydrogen-bond acceptors (Lipinski definition) is 3. The smallest absolute Gasteiger partial charge is 0.429 e. The minimum Gasteiger partial charge on any atom is -0.429 e. The summed E-state index contributed by atoms with van der Waals surface area (Å²) in [5, 5.41) is 0. The van der Waals surface area contributed by atoms with Crippen LogP contribution in [0.2, 0.25) is 0 Å². The molecule has 3 nitrogen and oxygen atoms in total. The number of alkyl halides is 2. The van der Waals surface area contributed by atoms with Gasteiger partial charge >= 0.3 is 6.11 Å². The van der Waals surface area contributed by atoms with E-state index in [2.05, 4.69) is 21.6 Å². The van der Waals surface area contributed by atoms with Crippen LogP contribution in [0.25, 0.3) is 33.6 Å². The van der Waals surface area contributed by atoms with E-state index in [1.807, 2.05) is 0 Å². The van der Waals surface area contributed by atoms with Gasteiger partial charge in [0.2, 0.25) is 0 Å². The zero-order chi connectivity index (χ0) is 31.6. The Bertz CT molecular complexity index is 1760. The van der Waals surface area contributed by atoms with Gasteiger partial charge in [-0.2, -0.15) is 8.78 Å². The molecule has 0 N–H and O–H groups in total. The van der Waals surface area contributed by atoms with Gasteiger partial charge < -0.3 is 4.74 Å². The third-order valence-electron chi connectivity index (χ3n) is 6.82. The van der Waals surface area contributed by atoms with Gasteiger partial charge in [-0.1, -0.05) is 49.7 Å². The summed E-state index contributed by atoms with van der Waals surface area (Å²) in [6.07, 6.45) is 1.79. The average Bonchev–Trinajstić information content (AvgIpc) is 2.98. The molecule has 0 spiro atoms. The van der Waals surface area contributed by atoms with Gasteiger partial charge in [0.1, 0.15) is 28.8 Å². The van der Waals surface area contributed by atoms with Gasteiger partial charge in [-0.05, 0) is 53.3 Å². The van der Waals surface area contributed by atoms with E-state index in [9.17, 15) is 30.7 Å². The lowest BCUT2D eigenvalue weighted by Crippen LogP contribution is -2.25. The molecule has 0 fully saturated rings. The monoisotopic (exact) mass is 614 g/mol. The molecule has 226 valence electrons. The number of aromatic nitrogens is 2. The third kappa shape index (κ3) is 6.41. The van der Waals surface area contributed by atoms with Crippen LogP contribution in [0.1, 0.15) is 30.9 Å². The maximum atomic E-state index is 15.1.